The second-order valence-corrected chi connectivity index (χ2v) is 10.4. The predicted octanol–water partition coefficient (Wildman–Crippen LogP) is 3.42. The highest BCUT2D eigenvalue weighted by Gasteiger charge is 2.31. The van der Waals surface area contributed by atoms with Crippen molar-refractivity contribution in [1.82, 2.24) is 10.2 Å². The Morgan fingerprint density at radius 2 is 1.88 bits per heavy atom. The molecule has 1 heterocycles. The quantitative estimate of drug-likeness (QED) is 0.596. The largest absolute Gasteiger partial charge is 0.495 e. The van der Waals surface area contributed by atoms with Crippen LogP contribution in [-0.4, -0.2) is 51.7 Å². The smallest absolute Gasteiger partial charge is 0.243 e. The molecule has 1 N–H and O–H groups in total. The molecule has 0 bridgehead atoms. The zero-order valence-corrected chi connectivity index (χ0v) is 20.2. The molecule has 7 nitrogen and oxygen atoms in total. The SMILES string of the molecule is COc1ccc(Cl)cc1N([C@@H](C)C(=O)NCc1cccc(CN2CCCC2)c1)S(C)(=O)=O. The first-order chi connectivity index (χ1) is 15.2. The van der Waals surface area contributed by atoms with Crippen LogP contribution in [0.3, 0.4) is 0 Å². The van der Waals surface area contributed by atoms with Gasteiger partial charge in [-0.3, -0.25) is 14.0 Å². The fourth-order valence-corrected chi connectivity index (χ4v) is 5.33. The molecule has 9 heteroatoms. The van der Waals surface area contributed by atoms with Crippen LogP contribution in [0.5, 0.6) is 5.75 Å². The molecule has 1 aliphatic rings. The van der Waals surface area contributed by atoms with Crippen molar-refractivity contribution in [2.75, 3.05) is 30.8 Å². The van der Waals surface area contributed by atoms with Crippen molar-refractivity contribution in [1.29, 1.82) is 0 Å². The number of nitrogens with one attached hydrogen (secondary N) is 1. The van der Waals surface area contributed by atoms with Crippen molar-refractivity contribution in [3.63, 3.8) is 0 Å². The molecule has 1 fully saturated rings. The van der Waals surface area contributed by atoms with Crippen LogP contribution in [0, 0.1) is 0 Å². The molecule has 0 spiro atoms. The van der Waals surface area contributed by atoms with Crippen molar-refractivity contribution < 1.29 is 17.9 Å². The zero-order valence-electron chi connectivity index (χ0n) is 18.7. The van der Waals surface area contributed by atoms with Crippen molar-refractivity contribution in [2.24, 2.45) is 0 Å². The predicted molar refractivity (Wildman–Crippen MR) is 128 cm³/mol. The van der Waals surface area contributed by atoms with E-state index in [4.69, 9.17) is 16.3 Å². The minimum Gasteiger partial charge on any atom is -0.495 e. The number of ether oxygens (including phenoxy) is 1. The van der Waals surface area contributed by atoms with Gasteiger partial charge in [-0.15, -0.1) is 0 Å². The van der Waals surface area contributed by atoms with Gasteiger partial charge in [0.2, 0.25) is 15.9 Å². The number of rotatable bonds is 9. The third-order valence-corrected chi connectivity index (χ3v) is 6.99. The van der Waals surface area contributed by atoms with Crippen molar-refractivity contribution in [2.45, 2.75) is 38.9 Å². The van der Waals surface area contributed by atoms with Gasteiger partial charge >= 0.3 is 0 Å². The van der Waals surface area contributed by atoms with Crippen LogP contribution >= 0.6 is 11.6 Å². The molecular formula is C23H30ClN3O4S. The van der Waals surface area contributed by atoms with Gasteiger partial charge in [0.25, 0.3) is 0 Å². The second kappa shape index (κ2) is 10.6. The van der Waals surface area contributed by atoms with Gasteiger partial charge in [0.05, 0.1) is 19.1 Å². The van der Waals surface area contributed by atoms with Gasteiger partial charge in [0.1, 0.15) is 11.8 Å². The number of hydrogen-bond acceptors (Lipinski definition) is 5. The minimum absolute atomic E-state index is 0.220. The molecule has 0 saturated carbocycles. The van der Waals surface area contributed by atoms with E-state index in [1.54, 1.807) is 19.1 Å². The molecule has 32 heavy (non-hydrogen) atoms. The van der Waals surface area contributed by atoms with E-state index in [9.17, 15) is 13.2 Å². The zero-order chi connectivity index (χ0) is 23.3. The summed E-state index contributed by atoms with van der Waals surface area (Å²) >= 11 is 6.09. The lowest BCUT2D eigenvalue weighted by atomic mass is 10.1. The van der Waals surface area contributed by atoms with Crippen LogP contribution in [-0.2, 0) is 27.9 Å². The molecule has 3 rings (SSSR count). The van der Waals surface area contributed by atoms with Gasteiger partial charge in [-0.25, -0.2) is 8.42 Å². The van der Waals surface area contributed by atoms with E-state index in [2.05, 4.69) is 22.3 Å². The standard InChI is InChI=1S/C23H30ClN3O4S/c1-17(27(32(3,29)30)21-14-20(24)9-10-22(21)31-2)23(28)25-15-18-7-6-8-19(13-18)16-26-11-4-5-12-26/h6-10,13-14,17H,4-5,11-12,15-16H2,1-3H3,(H,25,28)/t17-/m0/s1. The first-order valence-electron chi connectivity index (χ1n) is 10.6. The Bertz CT molecular complexity index is 1050. The topological polar surface area (TPSA) is 79.0 Å². The third-order valence-electron chi connectivity index (χ3n) is 5.53. The number of methoxy groups -OCH3 is 1. The molecule has 0 aromatic heterocycles. The first kappa shape index (κ1) is 24.4. The highest BCUT2D eigenvalue weighted by molar-refractivity contribution is 7.92. The van der Waals surface area contributed by atoms with Gasteiger partial charge in [-0.1, -0.05) is 35.9 Å². The van der Waals surface area contributed by atoms with Crippen LogP contribution in [0.4, 0.5) is 5.69 Å². The van der Waals surface area contributed by atoms with Crippen molar-refractivity contribution in [3.8, 4) is 5.75 Å². The summed E-state index contributed by atoms with van der Waals surface area (Å²) in [4.78, 5) is 15.3. The van der Waals surface area contributed by atoms with E-state index >= 15 is 0 Å². The maximum absolute atomic E-state index is 12.9. The Morgan fingerprint density at radius 1 is 1.19 bits per heavy atom. The molecule has 1 amide bonds. The lowest BCUT2D eigenvalue weighted by molar-refractivity contribution is -0.122. The fourth-order valence-electron chi connectivity index (χ4n) is 3.99. The normalized spacial score (nSPS) is 15.4. The first-order valence-corrected chi connectivity index (χ1v) is 12.8. The summed E-state index contributed by atoms with van der Waals surface area (Å²) in [5, 5.41) is 3.21. The highest BCUT2D eigenvalue weighted by Crippen LogP contribution is 2.34. The number of benzene rings is 2. The Hall–Kier alpha value is -2.29. The van der Waals surface area contributed by atoms with E-state index in [0.717, 1.165) is 35.8 Å². The van der Waals surface area contributed by atoms with Gasteiger partial charge in [-0.2, -0.15) is 0 Å². The molecule has 0 unspecified atom stereocenters. The number of carbonyl (C=O) groups excluding carboxylic acids is 1. The molecule has 0 radical (unpaired) electrons. The molecule has 1 saturated heterocycles. The number of anilines is 1. The highest BCUT2D eigenvalue weighted by atomic mass is 35.5. The summed E-state index contributed by atoms with van der Waals surface area (Å²) in [6.45, 7) is 4.98. The van der Waals surface area contributed by atoms with E-state index in [0.29, 0.717) is 17.3 Å². The average molecular weight is 480 g/mol. The number of carbonyl (C=O) groups is 1. The Labute approximate surface area is 195 Å². The fraction of sp³-hybridized carbons (Fsp3) is 0.435. The summed E-state index contributed by atoms with van der Waals surface area (Å²) in [6.07, 6.45) is 3.53. The molecule has 174 valence electrons. The molecule has 2 aromatic rings. The summed E-state index contributed by atoms with van der Waals surface area (Å²) in [6, 6.07) is 11.8. The number of sulfonamides is 1. The Balaban J connectivity index is 1.73. The molecule has 1 atom stereocenters. The van der Waals surface area contributed by atoms with E-state index < -0.39 is 22.0 Å². The lowest BCUT2D eigenvalue weighted by Gasteiger charge is -2.29. The average Bonchev–Trinajstić information content (AvgIpc) is 3.24. The summed E-state index contributed by atoms with van der Waals surface area (Å²) in [5.74, 6) is -0.100. The lowest BCUT2D eigenvalue weighted by Crippen LogP contribution is -2.47. The maximum Gasteiger partial charge on any atom is 0.243 e. The van der Waals surface area contributed by atoms with Crippen LogP contribution in [0.15, 0.2) is 42.5 Å². The Morgan fingerprint density at radius 3 is 2.53 bits per heavy atom. The third kappa shape index (κ3) is 6.15. The van der Waals surface area contributed by atoms with Crippen LogP contribution in [0.1, 0.15) is 30.9 Å². The van der Waals surface area contributed by atoms with Gasteiger partial charge in [0, 0.05) is 18.1 Å². The summed E-state index contributed by atoms with van der Waals surface area (Å²) in [5.41, 5.74) is 2.39. The number of nitrogens with zero attached hydrogens (tertiary/aromatic N) is 2. The number of amides is 1. The molecule has 1 aliphatic heterocycles. The Kier molecular flexibility index (Phi) is 8.03. The van der Waals surface area contributed by atoms with E-state index in [1.807, 2.05) is 12.1 Å². The van der Waals surface area contributed by atoms with Gasteiger partial charge in [-0.05, 0) is 62.2 Å². The van der Waals surface area contributed by atoms with Crippen LogP contribution in [0.2, 0.25) is 5.02 Å². The van der Waals surface area contributed by atoms with Gasteiger partial charge < -0.3 is 10.1 Å². The minimum atomic E-state index is -3.79. The monoisotopic (exact) mass is 479 g/mol. The molecular weight excluding hydrogens is 450 g/mol. The van der Waals surface area contributed by atoms with Crippen LogP contribution in [0.25, 0.3) is 0 Å². The van der Waals surface area contributed by atoms with Gasteiger partial charge in [0.15, 0.2) is 0 Å². The number of hydrogen-bond donors (Lipinski definition) is 1. The summed E-state index contributed by atoms with van der Waals surface area (Å²) < 4.78 is 31.5. The van der Waals surface area contributed by atoms with E-state index in [1.165, 1.54) is 31.6 Å². The van der Waals surface area contributed by atoms with Crippen molar-refractivity contribution >= 4 is 33.2 Å². The number of halogens is 1. The second-order valence-electron chi connectivity index (χ2n) is 8.07. The van der Waals surface area contributed by atoms with Crippen LogP contribution < -0.4 is 14.4 Å². The summed E-state index contributed by atoms with van der Waals surface area (Å²) in [7, 11) is -2.35. The van der Waals surface area contributed by atoms with E-state index in [-0.39, 0.29) is 5.69 Å². The van der Waals surface area contributed by atoms with Crippen molar-refractivity contribution in [3.05, 3.63) is 58.6 Å². The molecule has 2 aromatic carbocycles. The number of likely N-dealkylation sites (tertiary alicyclic amines) is 1. The maximum atomic E-state index is 12.9. The molecule has 0 aliphatic carbocycles.